The van der Waals surface area contributed by atoms with Crippen molar-refractivity contribution in [1.82, 2.24) is 56.2 Å². The molecule has 0 fully saturated rings. The molecule has 0 unspecified atom stereocenters. The van der Waals surface area contributed by atoms with Crippen molar-refractivity contribution in [3.63, 3.8) is 0 Å². The largest absolute Gasteiger partial charge is 0.208 e. The molecule has 0 atom stereocenters. The van der Waals surface area contributed by atoms with E-state index in [9.17, 15) is 0 Å². The van der Waals surface area contributed by atoms with Gasteiger partial charge in [0.05, 0.1) is 0 Å². The van der Waals surface area contributed by atoms with E-state index in [0.717, 1.165) is 60.5 Å². The Kier molecular flexibility index (Phi) is 6.84. The Morgan fingerprint density at radius 2 is 0.673 bits per heavy atom. The molecule has 0 aliphatic heterocycles. The summed E-state index contributed by atoms with van der Waals surface area (Å²) in [5.74, 6) is 1.74. The number of rotatable bonds is 5. The normalized spacial score (nSPS) is 11.5. The molecule has 10 rings (SSSR count). The Hall–Kier alpha value is -7.53. The highest BCUT2D eigenvalue weighted by Gasteiger charge is 2.17. The molecule has 7 aromatic carbocycles. The van der Waals surface area contributed by atoms with Crippen LogP contribution in [-0.4, -0.2) is 56.2 Å². The molecule has 11 heteroatoms. The van der Waals surface area contributed by atoms with E-state index >= 15 is 0 Å². The predicted molar refractivity (Wildman–Crippen MR) is 199 cm³/mol. The number of hydrogen-bond donors (Lipinski definition) is 0. The van der Waals surface area contributed by atoms with Gasteiger partial charge in [-0.1, -0.05) is 109 Å². The Bertz CT molecular complexity index is 2770. The van der Waals surface area contributed by atoms with Crippen molar-refractivity contribution in [3.8, 4) is 56.4 Å². The Morgan fingerprint density at radius 1 is 0.288 bits per heavy atom. The van der Waals surface area contributed by atoms with Gasteiger partial charge in [0.15, 0.2) is 17.5 Å². The molecule has 3 aromatic heterocycles. The third-order valence-electron chi connectivity index (χ3n) is 9.22. The average Bonchev–Trinajstić information content (AvgIpc) is 3.22. The van der Waals surface area contributed by atoms with Gasteiger partial charge in [0.2, 0.25) is 0 Å². The molecule has 0 N–H and O–H groups in total. The second kappa shape index (κ2) is 12.1. The van der Waals surface area contributed by atoms with Crippen LogP contribution in [0.1, 0.15) is 0 Å². The maximum absolute atomic E-state index is 5.16. The fraction of sp³-hybridized carbons (Fsp3) is 0. The lowest BCUT2D eigenvalue weighted by molar-refractivity contribution is 0.797. The van der Waals surface area contributed by atoms with Crippen LogP contribution in [0.2, 0.25) is 0 Å². The zero-order valence-corrected chi connectivity index (χ0v) is 27.2. The van der Waals surface area contributed by atoms with Crippen molar-refractivity contribution in [2.24, 2.45) is 0 Å². The first-order valence-electron chi connectivity index (χ1n) is 16.5. The molecule has 3 heterocycles. The van der Waals surface area contributed by atoms with Crippen molar-refractivity contribution in [2.45, 2.75) is 0 Å². The van der Waals surface area contributed by atoms with E-state index in [0.29, 0.717) is 39.5 Å². The van der Waals surface area contributed by atoms with Crippen LogP contribution >= 0.6 is 0 Å². The molecule has 0 radical (unpaired) electrons. The fourth-order valence-corrected chi connectivity index (χ4v) is 6.63. The molecule has 0 aliphatic carbocycles. The minimum atomic E-state index is 0.571. The van der Waals surface area contributed by atoms with Gasteiger partial charge in [-0.25, -0.2) is 15.0 Å². The van der Waals surface area contributed by atoms with E-state index in [1.807, 2.05) is 60.7 Å². The summed E-state index contributed by atoms with van der Waals surface area (Å²) in [6.07, 6.45) is 0. The van der Waals surface area contributed by atoms with E-state index < -0.39 is 0 Å². The third kappa shape index (κ3) is 5.20. The highest BCUT2D eigenvalue weighted by Crippen LogP contribution is 2.37. The first-order valence-corrected chi connectivity index (χ1v) is 16.5. The summed E-state index contributed by atoms with van der Waals surface area (Å²) < 4.78 is 0. The number of nitrogens with zero attached hydrogens (tertiary/aromatic N) is 11. The van der Waals surface area contributed by atoms with E-state index in [1.165, 1.54) is 0 Å². The van der Waals surface area contributed by atoms with Gasteiger partial charge >= 0.3 is 0 Å². The number of fused-ring (bicyclic) bond motifs is 4. The number of benzene rings is 7. The quantitative estimate of drug-likeness (QED) is 0.165. The Labute approximate surface area is 295 Å². The molecule has 11 nitrogen and oxygen atoms in total. The lowest BCUT2D eigenvalue weighted by Gasteiger charge is -2.13. The molecule has 0 spiro atoms. The van der Waals surface area contributed by atoms with Gasteiger partial charge in [-0.15, -0.1) is 20.4 Å². The third-order valence-corrected chi connectivity index (χ3v) is 9.22. The van der Waals surface area contributed by atoms with Crippen LogP contribution in [0.25, 0.3) is 100 Å². The molecule has 0 amide bonds. The van der Waals surface area contributed by atoms with Gasteiger partial charge in [-0.3, -0.25) is 0 Å². The minimum absolute atomic E-state index is 0.571. The molecule has 0 bridgehead atoms. The maximum atomic E-state index is 5.16. The van der Waals surface area contributed by atoms with Gasteiger partial charge in [0.1, 0.15) is 22.1 Å². The molecule has 10 aromatic rings. The van der Waals surface area contributed by atoms with Gasteiger partial charge in [0, 0.05) is 16.7 Å². The standard InChI is InChI=1S/C41H23N11/c1-3-7-32-30(5-1)21-31-6-2-4-8-33(31)38(32)41-43-39(26-13-9-24(10-14-26)28-17-19-34-36(22-28)47-51-49-45-34)42-40(44-41)27-15-11-25(12-16-27)29-18-20-35-37(23-29)48-52-50-46-35/h1-23H. The maximum Gasteiger partial charge on any atom is 0.165 e. The highest BCUT2D eigenvalue weighted by atomic mass is 15.4. The Morgan fingerprint density at radius 3 is 1.15 bits per heavy atom. The zero-order chi connectivity index (χ0) is 34.4. The van der Waals surface area contributed by atoms with Crippen molar-refractivity contribution in [2.75, 3.05) is 0 Å². The molecular weight excluding hydrogens is 647 g/mol. The molecule has 52 heavy (non-hydrogen) atoms. The van der Waals surface area contributed by atoms with Crippen molar-refractivity contribution < 1.29 is 0 Å². The van der Waals surface area contributed by atoms with Crippen LogP contribution in [-0.2, 0) is 0 Å². The molecule has 242 valence electrons. The van der Waals surface area contributed by atoms with E-state index in [1.54, 1.807) is 0 Å². The lowest BCUT2D eigenvalue weighted by atomic mass is 9.96. The fourth-order valence-electron chi connectivity index (χ4n) is 6.63. The topological polar surface area (TPSA) is 142 Å². The van der Waals surface area contributed by atoms with Gasteiger partial charge in [-0.05, 0) is 95.0 Å². The first kappa shape index (κ1) is 29.4. The predicted octanol–water partition coefficient (Wildman–Crippen LogP) is 7.98. The van der Waals surface area contributed by atoms with Crippen molar-refractivity contribution in [1.29, 1.82) is 0 Å². The second-order valence-electron chi connectivity index (χ2n) is 12.3. The van der Waals surface area contributed by atoms with E-state index in [4.69, 9.17) is 15.0 Å². The van der Waals surface area contributed by atoms with Crippen LogP contribution in [0.3, 0.4) is 0 Å². The van der Waals surface area contributed by atoms with Crippen molar-refractivity contribution >= 4 is 43.6 Å². The zero-order valence-electron chi connectivity index (χ0n) is 27.2. The summed E-state index contributed by atoms with van der Waals surface area (Å²) in [7, 11) is 0. The number of hydrogen-bond acceptors (Lipinski definition) is 11. The van der Waals surface area contributed by atoms with Gasteiger partial charge in [-0.2, -0.15) is 0 Å². The molecular formula is C41H23N11. The number of aromatic nitrogens is 11. The van der Waals surface area contributed by atoms with Crippen LogP contribution < -0.4 is 0 Å². The smallest absolute Gasteiger partial charge is 0.165 e. The molecule has 0 aliphatic rings. The minimum Gasteiger partial charge on any atom is -0.208 e. The summed E-state index contributed by atoms with van der Waals surface area (Å²) >= 11 is 0. The monoisotopic (exact) mass is 669 g/mol. The van der Waals surface area contributed by atoms with Gasteiger partial charge in [0.25, 0.3) is 0 Å². The second-order valence-corrected chi connectivity index (χ2v) is 12.3. The highest BCUT2D eigenvalue weighted by molar-refractivity contribution is 6.11. The molecule has 0 saturated carbocycles. The van der Waals surface area contributed by atoms with Crippen LogP contribution in [0.15, 0.2) is 140 Å². The average molecular weight is 670 g/mol. The first-order chi connectivity index (χ1) is 25.7. The molecule has 0 saturated heterocycles. The lowest BCUT2D eigenvalue weighted by Crippen LogP contribution is -2.01. The van der Waals surface area contributed by atoms with E-state index in [2.05, 4.69) is 120 Å². The van der Waals surface area contributed by atoms with Crippen LogP contribution in [0.5, 0.6) is 0 Å². The summed E-state index contributed by atoms with van der Waals surface area (Å²) in [6, 6.07) is 47.0. The van der Waals surface area contributed by atoms with E-state index in [-0.39, 0.29) is 0 Å². The van der Waals surface area contributed by atoms with Crippen LogP contribution in [0, 0.1) is 0 Å². The SMILES string of the molecule is c1ccc2c(-c3nc(-c4ccc(-c5ccc6nnnnc6c5)cc4)nc(-c4ccc(-c5ccc6nnnnc6c5)cc4)n3)c3ccccc3cc2c1. The summed E-state index contributed by atoms with van der Waals surface area (Å²) in [4.78, 5) is 15.4. The summed E-state index contributed by atoms with van der Waals surface area (Å²) in [5.41, 5.74) is 9.45. The summed E-state index contributed by atoms with van der Waals surface area (Å²) in [6.45, 7) is 0. The van der Waals surface area contributed by atoms with Crippen LogP contribution in [0.4, 0.5) is 0 Å². The van der Waals surface area contributed by atoms with Gasteiger partial charge < -0.3 is 0 Å². The van der Waals surface area contributed by atoms with Crippen molar-refractivity contribution in [3.05, 3.63) is 140 Å². The summed E-state index contributed by atoms with van der Waals surface area (Å²) in [5, 5.41) is 35.4. The Balaban J connectivity index is 1.11.